The van der Waals surface area contributed by atoms with E-state index in [4.69, 9.17) is 5.26 Å². The van der Waals surface area contributed by atoms with E-state index in [0.717, 1.165) is 0 Å². The Balaban J connectivity index is 1.74. The van der Waals surface area contributed by atoms with E-state index in [1.54, 1.807) is 36.4 Å². The SMILES string of the molecule is Cc1cc(-c2cncc(OC(F)F)c2)nc2c1C(=O)N(c1cncc(CC#N)c1)C2C. The van der Waals surface area contributed by atoms with E-state index in [0.29, 0.717) is 39.3 Å². The van der Waals surface area contributed by atoms with Gasteiger partial charge in [0.15, 0.2) is 0 Å². The average molecular weight is 421 g/mol. The van der Waals surface area contributed by atoms with Crippen LogP contribution in [0.1, 0.15) is 40.1 Å². The highest BCUT2D eigenvalue weighted by Crippen LogP contribution is 2.39. The number of carbonyl (C=O) groups excluding carboxylic acids is 1. The molecule has 9 heteroatoms. The Morgan fingerprint density at radius 1 is 1.19 bits per heavy atom. The highest BCUT2D eigenvalue weighted by Gasteiger charge is 2.38. The molecule has 0 saturated carbocycles. The van der Waals surface area contributed by atoms with Gasteiger partial charge in [0.1, 0.15) is 5.75 Å². The molecule has 0 bridgehead atoms. The van der Waals surface area contributed by atoms with E-state index < -0.39 is 6.61 Å². The van der Waals surface area contributed by atoms with E-state index in [1.165, 1.54) is 18.5 Å². The number of pyridine rings is 3. The highest BCUT2D eigenvalue weighted by atomic mass is 19.3. The number of nitriles is 1. The predicted octanol–water partition coefficient (Wildman–Crippen LogP) is 4.24. The average Bonchev–Trinajstić information content (AvgIpc) is 2.98. The molecule has 0 radical (unpaired) electrons. The van der Waals surface area contributed by atoms with Crippen LogP contribution in [0.25, 0.3) is 11.3 Å². The van der Waals surface area contributed by atoms with Crippen molar-refractivity contribution < 1.29 is 18.3 Å². The second-order valence-electron chi connectivity index (χ2n) is 7.11. The van der Waals surface area contributed by atoms with Crippen LogP contribution in [-0.2, 0) is 6.42 Å². The molecule has 1 unspecified atom stereocenters. The number of aromatic nitrogens is 3. The van der Waals surface area contributed by atoms with Crippen LogP contribution < -0.4 is 9.64 Å². The van der Waals surface area contributed by atoms with Crippen LogP contribution in [0.15, 0.2) is 43.0 Å². The molecule has 0 aliphatic carbocycles. The van der Waals surface area contributed by atoms with Gasteiger partial charge in [-0.05, 0) is 43.2 Å². The largest absolute Gasteiger partial charge is 0.433 e. The third kappa shape index (κ3) is 3.80. The summed E-state index contributed by atoms with van der Waals surface area (Å²) in [5.41, 5.74) is 4.07. The number of halogens is 2. The summed E-state index contributed by atoms with van der Waals surface area (Å²) < 4.78 is 29.5. The minimum Gasteiger partial charge on any atom is -0.433 e. The molecule has 3 aromatic heterocycles. The van der Waals surface area contributed by atoms with Gasteiger partial charge >= 0.3 is 6.61 Å². The van der Waals surface area contributed by atoms with Gasteiger partial charge < -0.3 is 4.74 Å². The Morgan fingerprint density at radius 3 is 2.71 bits per heavy atom. The van der Waals surface area contributed by atoms with Crippen molar-refractivity contribution in [2.75, 3.05) is 4.90 Å². The second kappa shape index (κ2) is 8.07. The van der Waals surface area contributed by atoms with Crippen LogP contribution in [-0.4, -0.2) is 27.5 Å². The molecule has 31 heavy (non-hydrogen) atoms. The Kier molecular flexibility index (Phi) is 5.29. The maximum absolute atomic E-state index is 13.2. The standard InChI is InChI=1S/C22H17F2N5O2/c1-12-5-18(15-7-17(11-27-9-15)31-22(23)24)28-20-13(2)29(21(30)19(12)20)16-6-14(3-4-25)8-26-10-16/h5-11,13,22H,3H2,1-2H3. The van der Waals surface area contributed by atoms with Gasteiger partial charge in [0, 0.05) is 18.0 Å². The normalized spacial score (nSPS) is 15.2. The third-order valence-corrected chi connectivity index (χ3v) is 5.04. The summed E-state index contributed by atoms with van der Waals surface area (Å²) in [5, 5.41) is 8.94. The summed E-state index contributed by atoms with van der Waals surface area (Å²) in [6.07, 6.45) is 6.06. The molecule has 0 spiro atoms. The molecule has 1 aliphatic heterocycles. The summed E-state index contributed by atoms with van der Waals surface area (Å²) in [6.45, 7) is 0.698. The van der Waals surface area contributed by atoms with Crippen LogP contribution >= 0.6 is 0 Å². The Morgan fingerprint density at radius 2 is 1.97 bits per heavy atom. The Bertz CT molecular complexity index is 1210. The number of carbonyl (C=O) groups is 1. The van der Waals surface area contributed by atoms with Gasteiger partial charge in [0.25, 0.3) is 5.91 Å². The lowest BCUT2D eigenvalue weighted by Gasteiger charge is -2.21. The first-order chi connectivity index (χ1) is 14.9. The van der Waals surface area contributed by atoms with E-state index >= 15 is 0 Å². The van der Waals surface area contributed by atoms with Crippen molar-refractivity contribution in [2.24, 2.45) is 0 Å². The van der Waals surface area contributed by atoms with Crippen molar-refractivity contribution in [2.45, 2.75) is 32.9 Å². The molecule has 156 valence electrons. The van der Waals surface area contributed by atoms with Gasteiger partial charge in [-0.15, -0.1) is 0 Å². The number of alkyl halides is 2. The minimum absolute atomic E-state index is 0.0708. The van der Waals surface area contributed by atoms with Crippen LogP contribution in [0.3, 0.4) is 0 Å². The first kappa shape index (κ1) is 20.3. The topological polar surface area (TPSA) is 92.0 Å². The first-order valence-corrected chi connectivity index (χ1v) is 9.45. The lowest BCUT2D eigenvalue weighted by atomic mass is 10.0. The number of rotatable bonds is 5. The van der Waals surface area contributed by atoms with Crippen LogP contribution in [0.4, 0.5) is 14.5 Å². The maximum atomic E-state index is 13.2. The zero-order chi connectivity index (χ0) is 22.1. The van der Waals surface area contributed by atoms with Crippen molar-refractivity contribution in [3.8, 4) is 23.1 Å². The smallest absolute Gasteiger partial charge is 0.387 e. The lowest BCUT2D eigenvalue weighted by molar-refractivity contribution is -0.0500. The molecular formula is C22H17F2N5O2. The first-order valence-electron chi connectivity index (χ1n) is 9.45. The van der Waals surface area contributed by atoms with E-state index in [-0.39, 0.29) is 24.1 Å². The molecule has 4 rings (SSSR count). The van der Waals surface area contributed by atoms with E-state index in [9.17, 15) is 13.6 Å². The van der Waals surface area contributed by atoms with Gasteiger partial charge in [0.05, 0.1) is 53.6 Å². The fraction of sp³-hybridized carbons (Fsp3) is 0.227. The van der Waals surface area contributed by atoms with Gasteiger partial charge in [0.2, 0.25) is 0 Å². The summed E-state index contributed by atoms with van der Waals surface area (Å²) in [5.74, 6) is -0.276. The lowest BCUT2D eigenvalue weighted by Crippen LogP contribution is -2.26. The third-order valence-electron chi connectivity index (χ3n) is 5.04. The fourth-order valence-corrected chi connectivity index (χ4v) is 3.70. The predicted molar refractivity (Wildman–Crippen MR) is 108 cm³/mol. The van der Waals surface area contributed by atoms with Crippen molar-refractivity contribution in [1.82, 2.24) is 15.0 Å². The van der Waals surface area contributed by atoms with Crippen molar-refractivity contribution in [3.05, 3.63) is 65.4 Å². The summed E-state index contributed by atoms with van der Waals surface area (Å²) in [6, 6.07) is 6.61. The number of fused-ring (bicyclic) bond motifs is 1. The molecule has 0 saturated heterocycles. The summed E-state index contributed by atoms with van der Waals surface area (Å²) >= 11 is 0. The molecule has 1 amide bonds. The Hall–Kier alpha value is -3.93. The van der Waals surface area contributed by atoms with Crippen LogP contribution in [0, 0.1) is 18.3 Å². The summed E-state index contributed by atoms with van der Waals surface area (Å²) in [4.78, 5) is 27.5. The number of aryl methyl sites for hydroxylation is 1. The zero-order valence-corrected chi connectivity index (χ0v) is 16.7. The second-order valence-corrected chi connectivity index (χ2v) is 7.11. The molecular weight excluding hydrogens is 404 g/mol. The maximum Gasteiger partial charge on any atom is 0.387 e. The van der Waals surface area contributed by atoms with Gasteiger partial charge in [-0.1, -0.05) is 0 Å². The monoisotopic (exact) mass is 421 g/mol. The molecule has 0 fully saturated rings. The number of hydrogen-bond acceptors (Lipinski definition) is 6. The zero-order valence-electron chi connectivity index (χ0n) is 16.7. The number of nitrogens with zero attached hydrogens (tertiary/aromatic N) is 5. The molecule has 7 nitrogen and oxygen atoms in total. The summed E-state index contributed by atoms with van der Waals surface area (Å²) in [7, 11) is 0. The number of anilines is 1. The minimum atomic E-state index is -2.96. The van der Waals surface area contributed by atoms with Crippen LogP contribution in [0.2, 0.25) is 0 Å². The number of amides is 1. The molecule has 4 heterocycles. The molecule has 0 N–H and O–H groups in total. The van der Waals surface area contributed by atoms with E-state index in [1.807, 2.05) is 6.92 Å². The Labute approximate surface area is 177 Å². The number of ether oxygens (including phenoxy) is 1. The van der Waals surface area contributed by atoms with Crippen molar-refractivity contribution >= 4 is 11.6 Å². The van der Waals surface area contributed by atoms with Crippen LogP contribution in [0.5, 0.6) is 5.75 Å². The molecule has 1 aliphatic rings. The highest BCUT2D eigenvalue weighted by molar-refractivity contribution is 6.11. The molecule has 3 aromatic rings. The fourth-order valence-electron chi connectivity index (χ4n) is 3.70. The van der Waals surface area contributed by atoms with Crippen molar-refractivity contribution in [3.63, 3.8) is 0 Å². The molecule has 0 aromatic carbocycles. The van der Waals surface area contributed by atoms with Gasteiger partial charge in [-0.3, -0.25) is 19.7 Å². The number of hydrogen-bond donors (Lipinski definition) is 0. The van der Waals surface area contributed by atoms with Gasteiger partial charge in [-0.25, -0.2) is 4.98 Å². The quantitative estimate of drug-likeness (QED) is 0.612. The van der Waals surface area contributed by atoms with E-state index in [2.05, 4.69) is 25.8 Å². The molecule has 1 atom stereocenters. The van der Waals surface area contributed by atoms with Gasteiger partial charge in [-0.2, -0.15) is 14.0 Å². The van der Waals surface area contributed by atoms with Crippen molar-refractivity contribution in [1.29, 1.82) is 5.26 Å².